The maximum Gasteiger partial charge on any atom is 0.262 e. The van der Waals surface area contributed by atoms with Crippen molar-refractivity contribution in [2.75, 3.05) is 20.1 Å². The first-order valence-corrected chi connectivity index (χ1v) is 7.08. The number of imide groups is 1. The molecule has 2 amide bonds. The predicted octanol–water partition coefficient (Wildman–Crippen LogP) is 1.58. The first kappa shape index (κ1) is 13.8. The van der Waals surface area contributed by atoms with E-state index in [2.05, 4.69) is 11.0 Å². The van der Waals surface area contributed by atoms with Crippen LogP contribution in [0.2, 0.25) is 0 Å². The van der Waals surface area contributed by atoms with Gasteiger partial charge in [0.15, 0.2) is 0 Å². The van der Waals surface area contributed by atoms with Gasteiger partial charge in [-0.15, -0.1) is 0 Å². The molecule has 3 rings (SSSR count). The zero-order valence-electron chi connectivity index (χ0n) is 12.2. The average Bonchev–Trinajstić information content (AvgIpc) is 2.73. The SMILES string of the molecule is Cc1ccc2c(c1)C(=O)N(C1(C#N)CCN(C)CC1)C2=O. The molecule has 5 nitrogen and oxygen atoms in total. The molecule has 0 aromatic heterocycles. The van der Waals surface area contributed by atoms with Gasteiger partial charge in [-0.1, -0.05) is 11.6 Å². The van der Waals surface area contributed by atoms with Crippen molar-refractivity contribution in [3.05, 3.63) is 34.9 Å². The molecule has 1 aromatic carbocycles. The summed E-state index contributed by atoms with van der Waals surface area (Å²) in [4.78, 5) is 28.6. The molecule has 0 N–H and O–H groups in total. The molecule has 2 aliphatic heterocycles. The third-order valence-electron chi connectivity index (χ3n) is 4.49. The number of hydrogen-bond acceptors (Lipinski definition) is 4. The van der Waals surface area contributed by atoms with Gasteiger partial charge in [-0.25, -0.2) is 0 Å². The second-order valence-corrected chi connectivity index (χ2v) is 5.94. The normalized spacial score (nSPS) is 21.3. The highest BCUT2D eigenvalue weighted by Crippen LogP contribution is 2.35. The van der Waals surface area contributed by atoms with Gasteiger partial charge in [-0.3, -0.25) is 14.5 Å². The molecule has 21 heavy (non-hydrogen) atoms. The van der Waals surface area contributed by atoms with Crippen molar-refractivity contribution in [1.82, 2.24) is 9.80 Å². The minimum absolute atomic E-state index is 0.329. The number of amides is 2. The van der Waals surface area contributed by atoms with Crippen LogP contribution in [-0.2, 0) is 0 Å². The molecule has 1 fully saturated rings. The lowest BCUT2D eigenvalue weighted by Crippen LogP contribution is -2.56. The van der Waals surface area contributed by atoms with Gasteiger partial charge in [-0.2, -0.15) is 5.26 Å². The highest BCUT2D eigenvalue weighted by Gasteiger charge is 2.50. The first-order chi connectivity index (χ1) is 9.98. The van der Waals surface area contributed by atoms with Crippen molar-refractivity contribution in [2.45, 2.75) is 25.3 Å². The van der Waals surface area contributed by atoms with Gasteiger partial charge in [0.2, 0.25) is 0 Å². The number of fused-ring (bicyclic) bond motifs is 1. The van der Waals surface area contributed by atoms with E-state index in [4.69, 9.17) is 0 Å². The number of carbonyl (C=O) groups is 2. The maximum atomic E-state index is 12.6. The predicted molar refractivity (Wildman–Crippen MR) is 76.8 cm³/mol. The van der Waals surface area contributed by atoms with E-state index in [1.165, 1.54) is 4.90 Å². The van der Waals surface area contributed by atoms with Crippen molar-refractivity contribution >= 4 is 11.8 Å². The number of aryl methyl sites for hydroxylation is 1. The molecular formula is C16H17N3O2. The molecule has 0 saturated carbocycles. The molecule has 1 saturated heterocycles. The molecule has 0 spiro atoms. The summed E-state index contributed by atoms with van der Waals surface area (Å²) in [5.41, 5.74) is 0.770. The minimum Gasteiger partial charge on any atom is -0.306 e. The third-order valence-corrected chi connectivity index (χ3v) is 4.49. The Morgan fingerprint density at radius 1 is 1.14 bits per heavy atom. The standard InChI is InChI=1S/C16H17N3O2/c1-11-3-4-12-13(9-11)15(21)19(14(12)20)16(10-17)5-7-18(2)8-6-16/h3-4,9H,5-8H2,1-2H3. The third kappa shape index (κ3) is 1.95. The van der Waals surface area contributed by atoms with Crippen molar-refractivity contribution in [2.24, 2.45) is 0 Å². The Morgan fingerprint density at radius 3 is 2.38 bits per heavy atom. The molecular weight excluding hydrogens is 266 g/mol. The minimum atomic E-state index is -1.01. The summed E-state index contributed by atoms with van der Waals surface area (Å²) < 4.78 is 0. The topological polar surface area (TPSA) is 64.4 Å². The van der Waals surface area contributed by atoms with Crippen molar-refractivity contribution in [3.63, 3.8) is 0 Å². The number of piperidine rings is 1. The fraction of sp³-hybridized carbons (Fsp3) is 0.438. The first-order valence-electron chi connectivity index (χ1n) is 7.08. The van der Waals surface area contributed by atoms with E-state index in [-0.39, 0.29) is 11.8 Å². The van der Waals surface area contributed by atoms with Gasteiger partial charge >= 0.3 is 0 Å². The molecule has 0 bridgehead atoms. The molecule has 0 aliphatic carbocycles. The fourth-order valence-corrected chi connectivity index (χ4v) is 3.12. The Kier molecular flexibility index (Phi) is 3.07. The van der Waals surface area contributed by atoms with E-state index >= 15 is 0 Å². The van der Waals surface area contributed by atoms with Gasteiger partial charge in [0, 0.05) is 13.1 Å². The molecule has 0 radical (unpaired) electrons. The summed E-state index contributed by atoms with van der Waals surface area (Å²) in [5.74, 6) is -0.661. The monoisotopic (exact) mass is 283 g/mol. The van der Waals surface area contributed by atoms with Gasteiger partial charge in [0.1, 0.15) is 5.54 Å². The van der Waals surface area contributed by atoms with Crippen LogP contribution in [0.15, 0.2) is 18.2 Å². The molecule has 2 heterocycles. The van der Waals surface area contributed by atoms with Crippen molar-refractivity contribution in [3.8, 4) is 6.07 Å². The fourth-order valence-electron chi connectivity index (χ4n) is 3.12. The lowest BCUT2D eigenvalue weighted by molar-refractivity contribution is 0.0394. The Morgan fingerprint density at radius 2 is 1.76 bits per heavy atom. The van der Waals surface area contributed by atoms with Crippen LogP contribution in [0.3, 0.4) is 0 Å². The Balaban J connectivity index is 2.03. The van der Waals surface area contributed by atoms with Crippen LogP contribution in [-0.4, -0.2) is 47.3 Å². The average molecular weight is 283 g/mol. The van der Waals surface area contributed by atoms with Crippen LogP contribution in [0, 0.1) is 18.3 Å². The van der Waals surface area contributed by atoms with Gasteiger partial charge in [0.25, 0.3) is 11.8 Å². The number of benzene rings is 1. The number of hydrogen-bond donors (Lipinski definition) is 0. The molecule has 2 aliphatic rings. The van der Waals surface area contributed by atoms with E-state index in [0.29, 0.717) is 37.1 Å². The van der Waals surface area contributed by atoms with E-state index in [1.54, 1.807) is 12.1 Å². The number of nitrogens with zero attached hydrogens (tertiary/aromatic N) is 3. The highest BCUT2D eigenvalue weighted by molar-refractivity contribution is 6.22. The molecule has 1 aromatic rings. The van der Waals surface area contributed by atoms with E-state index < -0.39 is 5.54 Å². The smallest absolute Gasteiger partial charge is 0.262 e. The van der Waals surface area contributed by atoms with Gasteiger partial charge in [0.05, 0.1) is 17.2 Å². The van der Waals surface area contributed by atoms with Crippen molar-refractivity contribution in [1.29, 1.82) is 5.26 Å². The van der Waals surface area contributed by atoms with Crippen LogP contribution in [0.4, 0.5) is 0 Å². The van der Waals surface area contributed by atoms with E-state index in [1.807, 2.05) is 20.0 Å². The van der Waals surface area contributed by atoms with Gasteiger partial charge < -0.3 is 4.90 Å². The van der Waals surface area contributed by atoms with E-state index in [9.17, 15) is 14.9 Å². The molecule has 0 atom stereocenters. The highest BCUT2D eigenvalue weighted by atomic mass is 16.2. The summed E-state index contributed by atoms with van der Waals surface area (Å²) in [7, 11) is 1.98. The molecule has 5 heteroatoms. The van der Waals surface area contributed by atoms with Gasteiger partial charge in [-0.05, 0) is 38.9 Å². The molecule has 108 valence electrons. The lowest BCUT2D eigenvalue weighted by Gasteiger charge is -2.40. The zero-order valence-corrected chi connectivity index (χ0v) is 12.2. The van der Waals surface area contributed by atoms with Crippen LogP contribution >= 0.6 is 0 Å². The molecule has 0 unspecified atom stereocenters. The number of nitriles is 1. The Hall–Kier alpha value is -2.19. The summed E-state index contributed by atoms with van der Waals surface area (Å²) in [6.45, 7) is 3.30. The number of carbonyl (C=O) groups excluding carboxylic acids is 2. The zero-order chi connectivity index (χ0) is 15.2. The Labute approximate surface area is 123 Å². The maximum absolute atomic E-state index is 12.6. The lowest BCUT2D eigenvalue weighted by atomic mass is 9.87. The summed E-state index contributed by atoms with van der Waals surface area (Å²) in [6.07, 6.45) is 1.01. The second kappa shape index (κ2) is 4.68. The summed E-state index contributed by atoms with van der Waals surface area (Å²) in [6, 6.07) is 7.49. The number of rotatable bonds is 1. The van der Waals surface area contributed by atoms with E-state index in [0.717, 1.165) is 5.56 Å². The van der Waals surface area contributed by atoms with Crippen molar-refractivity contribution < 1.29 is 9.59 Å². The summed E-state index contributed by atoms with van der Waals surface area (Å²) in [5, 5.41) is 9.64. The van der Waals surface area contributed by atoms with Crippen LogP contribution < -0.4 is 0 Å². The Bertz CT molecular complexity index is 667. The van der Waals surface area contributed by atoms with Crippen LogP contribution in [0.5, 0.6) is 0 Å². The second-order valence-electron chi connectivity index (χ2n) is 5.94. The number of likely N-dealkylation sites (tertiary alicyclic amines) is 1. The largest absolute Gasteiger partial charge is 0.306 e. The quantitative estimate of drug-likeness (QED) is 0.734. The summed E-state index contributed by atoms with van der Waals surface area (Å²) >= 11 is 0. The van der Waals surface area contributed by atoms with Crippen LogP contribution in [0.25, 0.3) is 0 Å². The van der Waals surface area contributed by atoms with Crippen LogP contribution in [0.1, 0.15) is 39.1 Å².